The Morgan fingerprint density at radius 3 is 2.45 bits per heavy atom. The standard InChI is InChI=1S/C16H15Br2NO2S/c1-3-4-16(20)21-13-6-5-11(7-10(13)2)22-12-8-14(17)19-15(18)9-12/h5-9H,3-4H2,1-2H3. The number of nitrogens with zero attached hydrogens (tertiary/aromatic N) is 1. The second-order valence-electron chi connectivity index (χ2n) is 4.70. The van der Waals surface area contributed by atoms with Gasteiger partial charge in [-0.05, 0) is 81.1 Å². The quantitative estimate of drug-likeness (QED) is 0.333. The van der Waals surface area contributed by atoms with Crippen molar-refractivity contribution in [2.24, 2.45) is 0 Å². The van der Waals surface area contributed by atoms with Gasteiger partial charge in [-0.15, -0.1) is 0 Å². The Bertz CT molecular complexity index is 672. The van der Waals surface area contributed by atoms with Crippen LogP contribution in [0.15, 0.2) is 49.3 Å². The highest BCUT2D eigenvalue weighted by molar-refractivity contribution is 9.11. The van der Waals surface area contributed by atoms with Crippen molar-refractivity contribution in [3.63, 3.8) is 0 Å². The fourth-order valence-corrected chi connectivity index (χ4v) is 4.22. The Balaban J connectivity index is 2.13. The van der Waals surface area contributed by atoms with Crippen molar-refractivity contribution in [2.75, 3.05) is 0 Å². The van der Waals surface area contributed by atoms with Gasteiger partial charge < -0.3 is 4.74 Å². The second kappa shape index (κ2) is 8.13. The molecule has 0 bridgehead atoms. The van der Waals surface area contributed by atoms with Crippen LogP contribution < -0.4 is 4.74 Å². The van der Waals surface area contributed by atoms with Gasteiger partial charge in [-0.25, -0.2) is 4.98 Å². The maximum Gasteiger partial charge on any atom is 0.311 e. The van der Waals surface area contributed by atoms with Crippen LogP contribution in [-0.2, 0) is 4.79 Å². The number of aromatic nitrogens is 1. The number of aryl methyl sites for hydroxylation is 1. The Labute approximate surface area is 151 Å². The molecular weight excluding hydrogens is 430 g/mol. The number of benzene rings is 1. The molecule has 1 aromatic heterocycles. The molecule has 6 heteroatoms. The molecule has 1 aromatic carbocycles. The minimum Gasteiger partial charge on any atom is -0.426 e. The molecule has 0 aliphatic carbocycles. The minimum absolute atomic E-state index is 0.187. The van der Waals surface area contributed by atoms with Gasteiger partial charge in [0.05, 0.1) is 0 Å². The van der Waals surface area contributed by atoms with E-state index in [1.54, 1.807) is 11.8 Å². The topological polar surface area (TPSA) is 39.2 Å². The molecule has 0 aliphatic heterocycles. The number of carbonyl (C=O) groups excluding carboxylic acids is 1. The molecule has 0 unspecified atom stereocenters. The molecule has 0 fully saturated rings. The van der Waals surface area contributed by atoms with E-state index in [0.29, 0.717) is 12.2 Å². The first kappa shape index (κ1) is 17.5. The Hall–Kier alpha value is -0.850. The van der Waals surface area contributed by atoms with Crippen LogP contribution in [0.5, 0.6) is 5.75 Å². The number of rotatable bonds is 5. The summed E-state index contributed by atoms with van der Waals surface area (Å²) in [4.78, 5) is 17.9. The fraction of sp³-hybridized carbons (Fsp3) is 0.250. The highest BCUT2D eigenvalue weighted by Gasteiger charge is 2.08. The van der Waals surface area contributed by atoms with E-state index in [1.807, 2.05) is 44.2 Å². The molecule has 0 radical (unpaired) electrons. The molecule has 0 aliphatic rings. The number of carbonyl (C=O) groups is 1. The summed E-state index contributed by atoms with van der Waals surface area (Å²) in [5, 5.41) is 0. The molecule has 2 rings (SSSR count). The van der Waals surface area contributed by atoms with Crippen LogP contribution in [0, 0.1) is 6.92 Å². The van der Waals surface area contributed by atoms with Crippen LogP contribution in [-0.4, -0.2) is 11.0 Å². The zero-order chi connectivity index (χ0) is 16.1. The number of hydrogen-bond acceptors (Lipinski definition) is 4. The molecule has 3 nitrogen and oxygen atoms in total. The number of esters is 1. The summed E-state index contributed by atoms with van der Waals surface area (Å²) >= 11 is 8.39. The maximum atomic E-state index is 11.6. The van der Waals surface area contributed by atoms with Crippen LogP contribution in [0.2, 0.25) is 0 Å². The van der Waals surface area contributed by atoms with E-state index >= 15 is 0 Å². The smallest absolute Gasteiger partial charge is 0.311 e. The largest absolute Gasteiger partial charge is 0.426 e. The lowest BCUT2D eigenvalue weighted by Gasteiger charge is -2.09. The maximum absolute atomic E-state index is 11.6. The second-order valence-corrected chi connectivity index (χ2v) is 7.47. The summed E-state index contributed by atoms with van der Waals surface area (Å²) in [7, 11) is 0. The molecule has 1 heterocycles. The van der Waals surface area contributed by atoms with Crippen LogP contribution >= 0.6 is 43.6 Å². The van der Waals surface area contributed by atoms with Gasteiger partial charge in [-0.2, -0.15) is 0 Å². The van der Waals surface area contributed by atoms with Gasteiger partial charge in [0.1, 0.15) is 15.0 Å². The third-order valence-electron chi connectivity index (χ3n) is 2.80. The summed E-state index contributed by atoms with van der Waals surface area (Å²) < 4.78 is 6.92. The van der Waals surface area contributed by atoms with Crippen LogP contribution in [0.3, 0.4) is 0 Å². The highest BCUT2D eigenvalue weighted by Crippen LogP contribution is 2.33. The van der Waals surface area contributed by atoms with Crippen LogP contribution in [0.4, 0.5) is 0 Å². The van der Waals surface area contributed by atoms with Gasteiger partial charge in [0.2, 0.25) is 0 Å². The predicted molar refractivity (Wildman–Crippen MR) is 95.5 cm³/mol. The van der Waals surface area contributed by atoms with Gasteiger partial charge in [0, 0.05) is 16.2 Å². The van der Waals surface area contributed by atoms with Gasteiger partial charge in [-0.3, -0.25) is 4.79 Å². The van der Waals surface area contributed by atoms with Crippen molar-refractivity contribution in [3.8, 4) is 5.75 Å². The summed E-state index contributed by atoms with van der Waals surface area (Å²) in [5.41, 5.74) is 0.946. The van der Waals surface area contributed by atoms with Gasteiger partial charge in [0.15, 0.2) is 0 Å². The molecule has 2 aromatic rings. The van der Waals surface area contributed by atoms with E-state index in [-0.39, 0.29) is 5.97 Å². The van der Waals surface area contributed by atoms with Crippen molar-refractivity contribution < 1.29 is 9.53 Å². The Morgan fingerprint density at radius 1 is 1.18 bits per heavy atom. The lowest BCUT2D eigenvalue weighted by molar-refractivity contribution is -0.134. The van der Waals surface area contributed by atoms with E-state index in [2.05, 4.69) is 36.8 Å². The molecule has 0 saturated heterocycles. The summed E-state index contributed by atoms with van der Waals surface area (Å²) in [6.45, 7) is 3.90. The van der Waals surface area contributed by atoms with E-state index in [9.17, 15) is 4.79 Å². The van der Waals surface area contributed by atoms with Gasteiger partial charge >= 0.3 is 5.97 Å². The van der Waals surface area contributed by atoms with Crippen LogP contribution in [0.25, 0.3) is 0 Å². The molecule has 116 valence electrons. The van der Waals surface area contributed by atoms with Gasteiger partial charge in [0.25, 0.3) is 0 Å². The lowest BCUT2D eigenvalue weighted by Crippen LogP contribution is -2.07. The number of halogens is 2. The molecule has 0 N–H and O–H groups in total. The lowest BCUT2D eigenvalue weighted by atomic mass is 10.2. The molecular formula is C16H15Br2NO2S. The molecule has 0 saturated carbocycles. The van der Waals surface area contributed by atoms with E-state index in [0.717, 1.165) is 31.0 Å². The molecule has 0 spiro atoms. The monoisotopic (exact) mass is 443 g/mol. The Kier molecular flexibility index (Phi) is 6.47. The summed E-state index contributed by atoms with van der Waals surface area (Å²) in [5.74, 6) is 0.438. The highest BCUT2D eigenvalue weighted by atomic mass is 79.9. The van der Waals surface area contributed by atoms with E-state index in [1.165, 1.54) is 0 Å². The molecule has 0 amide bonds. The molecule has 22 heavy (non-hydrogen) atoms. The van der Waals surface area contributed by atoms with Crippen molar-refractivity contribution in [1.29, 1.82) is 0 Å². The van der Waals surface area contributed by atoms with E-state index in [4.69, 9.17) is 4.74 Å². The zero-order valence-corrected chi connectivity index (χ0v) is 16.2. The third-order valence-corrected chi connectivity index (χ3v) is 4.57. The number of ether oxygens (including phenoxy) is 1. The average Bonchev–Trinajstić information content (AvgIpc) is 2.41. The van der Waals surface area contributed by atoms with Crippen molar-refractivity contribution in [3.05, 3.63) is 45.1 Å². The van der Waals surface area contributed by atoms with Crippen molar-refractivity contribution in [1.82, 2.24) is 4.98 Å². The first-order valence-electron chi connectivity index (χ1n) is 6.80. The number of hydrogen-bond donors (Lipinski definition) is 0. The summed E-state index contributed by atoms with van der Waals surface area (Å²) in [6, 6.07) is 9.73. The number of pyridine rings is 1. The normalized spacial score (nSPS) is 10.5. The zero-order valence-electron chi connectivity index (χ0n) is 12.2. The molecule has 0 atom stereocenters. The third kappa shape index (κ3) is 5.11. The Morgan fingerprint density at radius 2 is 1.86 bits per heavy atom. The SMILES string of the molecule is CCCC(=O)Oc1ccc(Sc2cc(Br)nc(Br)c2)cc1C. The van der Waals surface area contributed by atoms with Gasteiger partial charge in [-0.1, -0.05) is 18.7 Å². The van der Waals surface area contributed by atoms with Crippen molar-refractivity contribution in [2.45, 2.75) is 36.5 Å². The van der Waals surface area contributed by atoms with Crippen molar-refractivity contribution >= 4 is 49.6 Å². The fourth-order valence-electron chi connectivity index (χ4n) is 1.82. The van der Waals surface area contributed by atoms with E-state index < -0.39 is 0 Å². The first-order valence-corrected chi connectivity index (χ1v) is 9.20. The van der Waals surface area contributed by atoms with Crippen LogP contribution in [0.1, 0.15) is 25.3 Å². The first-order chi connectivity index (χ1) is 10.5. The summed E-state index contributed by atoms with van der Waals surface area (Å²) in [6.07, 6.45) is 1.23. The average molecular weight is 445 g/mol. The minimum atomic E-state index is -0.187. The predicted octanol–water partition coefficient (Wildman–Crippen LogP) is 5.77.